The molecular formula is C22H27N3O3S. The molecule has 1 aromatic carbocycles. The SMILES string of the molecule is COc1ccc(C)cc1N1CC(C(=O)NCCN2CCc3sccc3C2)CC1=O. The lowest BCUT2D eigenvalue weighted by Crippen LogP contribution is -2.40. The Kier molecular flexibility index (Phi) is 5.87. The first kappa shape index (κ1) is 19.9. The normalized spacial score (nSPS) is 19.3. The lowest BCUT2D eigenvalue weighted by Gasteiger charge is -2.27. The molecule has 29 heavy (non-hydrogen) atoms. The molecule has 0 radical (unpaired) electrons. The third kappa shape index (κ3) is 4.31. The zero-order chi connectivity index (χ0) is 20.4. The van der Waals surface area contributed by atoms with Crippen molar-refractivity contribution in [3.05, 3.63) is 45.6 Å². The molecule has 0 spiro atoms. The van der Waals surface area contributed by atoms with Crippen molar-refractivity contribution >= 4 is 28.8 Å². The van der Waals surface area contributed by atoms with Gasteiger partial charge in [-0.2, -0.15) is 0 Å². The van der Waals surface area contributed by atoms with E-state index in [0.717, 1.165) is 37.3 Å². The highest BCUT2D eigenvalue weighted by Gasteiger charge is 2.36. The zero-order valence-electron chi connectivity index (χ0n) is 16.9. The largest absolute Gasteiger partial charge is 0.495 e. The summed E-state index contributed by atoms with van der Waals surface area (Å²) in [6.45, 7) is 5.80. The summed E-state index contributed by atoms with van der Waals surface area (Å²) in [6.07, 6.45) is 1.33. The van der Waals surface area contributed by atoms with E-state index < -0.39 is 0 Å². The molecule has 2 aliphatic rings. The molecule has 1 aromatic heterocycles. The maximum atomic E-state index is 12.6. The molecule has 6 nitrogen and oxygen atoms in total. The molecular weight excluding hydrogens is 386 g/mol. The van der Waals surface area contributed by atoms with Crippen molar-refractivity contribution in [2.75, 3.05) is 38.2 Å². The Morgan fingerprint density at radius 2 is 2.21 bits per heavy atom. The van der Waals surface area contributed by atoms with Crippen molar-refractivity contribution in [1.29, 1.82) is 0 Å². The van der Waals surface area contributed by atoms with Gasteiger partial charge in [-0.1, -0.05) is 6.07 Å². The molecule has 1 atom stereocenters. The fourth-order valence-corrected chi connectivity index (χ4v) is 5.00. The van der Waals surface area contributed by atoms with E-state index in [0.29, 0.717) is 18.8 Å². The number of amides is 2. The summed E-state index contributed by atoms with van der Waals surface area (Å²) in [5, 5.41) is 5.19. The summed E-state index contributed by atoms with van der Waals surface area (Å²) in [5.41, 5.74) is 3.21. The molecule has 4 rings (SSSR count). The number of rotatable bonds is 6. The first-order valence-electron chi connectivity index (χ1n) is 10.1. The molecule has 0 bridgehead atoms. The Bertz CT molecular complexity index is 910. The minimum atomic E-state index is -0.322. The van der Waals surface area contributed by atoms with E-state index in [-0.39, 0.29) is 24.2 Å². The van der Waals surface area contributed by atoms with Crippen LogP contribution in [0.2, 0.25) is 0 Å². The second-order valence-corrected chi connectivity index (χ2v) is 8.77. The molecule has 1 N–H and O–H groups in total. The monoisotopic (exact) mass is 413 g/mol. The van der Waals surface area contributed by atoms with Gasteiger partial charge in [-0.25, -0.2) is 0 Å². The van der Waals surface area contributed by atoms with Gasteiger partial charge in [0.2, 0.25) is 11.8 Å². The Morgan fingerprint density at radius 3 is 3.03 bits per heavy atom. The number of benzene rings is 1. The van der Waals surface area contributed by atoms with Gasteiger partial charge in [-0.05, 0) is 48.1 Å². The van der Waals surface area contributed by atoms with Gasteiger partial charge in [-0.3, -0.25) is 14.5 Å². The van der Waals surface area contributed by atoms with Crippen LogP contribution in [0.1, 0.15) is 22.4 Å². The number of hydrogen-bond acceptors (Lipinski definition) is 5. The predicted octanol–water partition coefficient (Wildman–Crippen LogP) is 2.59. The molecule has 2 aromatic rings. The van der Waals surface area contributed by atoms with Crippen molar-refractivity contribution in [1.82, 2.24) is 10.2 Å². The molecule has 0 aliphatic carbocycles. The Balaban J connectivity index is 1.30. The van der Waals surface area contributed by atoms with Crippen molar-refractivity contribution in [2.24, 2.45) is 5.92 Å². The first-order valence-corrected chi connectivity index (χ1v) is 10.9. The molecule has 154 valence electrons. The summed E-state index contributed by atoms with van der Waals surface area (Å²) in [6, 6.07) is 7.95. The number of carbonyl (C=O) groups is 2. The number of fused-ring (bicyclic) bond motifs is 1. The average molecular weight is 414 g/mol. The molecule has 2 amide bonds. The minimum absolute atomic E-state index is 0.0323. The lowest BCUT2D eigenvalue weighted by atomic mass is 10.1. The van der Waals surface area contributed by atoms with Crippen LogP contribution in [0.4, 0.5) is 5.69 Å². The first-order chi connectivity index (χ1) is 14.0. The second-order valence-electron chi connectivity index (χ2n) is 7.77. The predicted molar refractivity (Wildman–Crippen MR) is 115 cm³/mol. The maximum absolute atomic E-state index is 12.6. The van der Waals surface area contributed by atoms with Crippen LogP contribution in [0, 0.1) is 12.8 Å². The highest BCUT2D eigenvalue weighted by molar-refractivity contribution is 7.10. The topological polar surface area (TPSA) is 61.9 Å². The number of hydrogen-bond donors (Lipinski definition) is 1. The zero-order valence-corrected chi connectivity index (χ0v) is 17.8. The number of carbonyl (C=O) groups excluding carboxylic acids is 2. The fourth-order valence-electron chi connectivity index (χ4n) is 4.11. The minimum Gasteiger partial charge on any atom is -0.495 e. The van der Waals surface area contributed by atoms with Gasteiger partial charge in [-0.15, -0.1) is 11.3 Å². The number of aryl methyl sites for hydroxylation is 1. The van der Waals surface area contributed by atoms with Crippen LogP contribution in [0.3, 0.4) is 0 Å². The number of nitrogens with zero attached hydrogens (tertiary/aromatic N) is 2. The number of thiophene rings is 1. The van der Waals surface area contributed by atoms with Crippen LogP contribution in [0.15, 0.2) is 29.6 Å². The van der Waals surface area contributed by atoms with Gasteiger partial charge >= 0.3 is 0 Å². The van der Waals surface area contributed by atoms with Gasteiger partial charge in [0.05, 0.1) is 18.7 Å². The van der Waals surface area contributed by atoms with Gasteiger partial charge in [0.1, 0.15) is 5.75 Å². The third-order valence-corrected chi connectivity index (χ3v) is 6.76. The Labute approximate surface area is 175 Å². The molecule has 0 saturated carbocycles. The van der Waals surface area contributed by atoms with E-state index >= 15 is 0 Å². The average Bonchev–Trinajstić information content (AvgIpc) is 3.34. The van der Waals surface area contributed by atoms with E-state index in [1.807, 2.05) is 36.5 Å². The van der Waals surface area contributed by atoms with Gasteiger partial charge in [0, 0.05) is 44.0 Å². The Hall–Kier alpha value is -2.38. The number of nitrogens with one attached hydrogen (secondary N) is 1. The molecule has 1 unspecified atom stereocenters. The quantitative estimate of drug-likeness (QED) is 0.791. The van der Waals surface area contributed by atoms with E-state index in [9.17, 15) is 9.59 Å². The van der Waals surface area contributed by atoms with Crippen molar-refractivity contribution in [3.63, 3.8) is 0 Å². The number of ether oxygens (including phenoxy) is 1. The van der Waals surface area contributed by atoms with E-state index in [1.165, 1.54) is 10.4 Å². The molecule has 3 heterocycles. The highest BCUT2D eigenvalue weighted by atomic mass is 32.1. The van der Waals surface area contributed by atoms with Crippen molar-refractivity contribution in [3.8, 4) is 5.75 Å². The molecule has 2 aliphatic heterocycles. The van der Waals surface area contributed by atoms with Crippen LogP contribution in [-0.4, -0.2) is 50.0 Å². The Morgan fingerprint density at radius 1 is 1.34 bits per heavy atom. The third-order valence-electron chi connectivity index (χ3n) is 5.73. The second kappa shape index (κ2) is 8.55. The summed E-state index contributed by atoms with van der Waals surface area (Å²) in [5.74, 6) is 0.260. The fraction of sp³-hybridized carbons (Fsp3) is 0.455. The maximum Gasteiger partial charge on any atom is 0.227 e. The van der Waals surface area contributed by atoms with Crippen LogP contribution in [-0.2, 0) is 22.6 Å². The summed E-state index contributed by atoms with van der Waals surface area (Å²) in [7, 11) is 1.60. The van der Waals surface area contributed by atoms with E-state index in [2.05, 4.69) is 21.7 Å². The van der Waals surface area contributed by atoms with Crippen LogP contribution in [0.5, 0.6) is 5.75 Å². The highest BCUT2D eigenvalue weighted by Crippen LogP contribution is 2.34. The molecule has 1 fully saturated rings. The molecule has 1 saturated heterocycles. The van der Waals surface area contributed by atoms with Gasteiger partial charge in [0.25, 0.3) is 0 Å². The van der Waals surface area contributed by atoms with Gasteiger partial charge in [0.15, 0.2) is 0 Å². The lowest BCUT2D eigenvalue weighted by molar-refractivity contribution is -0.126. The smallest absolute Gasteiger partial charge is 0.227 e. The van der Waals surface area contributed by atoms with Crippen molar-refractivity contribution < 1.29 is 14.3 Å². The van der Waals surface area contributed by atoms with Crippen LogP contribution in [0.25, 0.3) is 0 Å². The molecule has 7 heteroatoms. The summed E-state index contributed by atoms with van der Waals surface area (Å²) >= 11 is 1.83. The number of anilines is 1. The van der Waals surface area contributed by atoms with Crippen LogP contribution >= 0.6 is 11.3 Å². The van der Waals surface area contributed by atoms with Gasteiger partial charge < -0.3 is 15.0 Å². The van der Waals surface area contributed by atoms with E-state index in [1.54, 1.807) is 12.0 Å². The number of methoxy groups -OCH3 is 1. The van der Waals surface area contributed by atoms with E-state index in [4.69, 9.17) is 4.74 Å². The summed E-state index contributed by atoms with van der Waals surface area (Å²) < 4.78 is 5.41. The van der Waals surface area contributed by atoms with Crippen molar-refractivity contribution in [2.45, 2.75) is 26.3 Å². The van der Waals surface area contributed by atoms with Crippen LogP contribution < -0.4 is 15.0 Å². The standard InChI is InChI=1S/C22H27N3O3S/c1-15-3-4-19(28-2)18(11-15)25-14-17(12-21(25)26)22(27)23-7-9-24-8-5-20-16(13-24)6-10-29-20/h3-4,6,10-11,17H,5,7-9,12-14H2,1-2H3,(H,23,27). The summed E-state index contributed by atoms with van der Waals surface area (Å²) in [4.78, 5) is 30.8.